The van der Waals surface area contributed by atoms with Crippen LogP contribution in [-0.4, -0.2) is 13.2 Å². The molecular formula is C32H43F3O2. The Labute approximate surface area is 220 Å². The Morgan fingerprint density at radius 3 is 2.08 bits per heavy atom. The first kappa shape index (κ1) is 28.0. The molecule has 1 saturated heterocycles. The van der Waals surface area contributed by atoms with Crippen molar-refractivity contribution in [3.05, 3.63) is 64.5 Å². The minimum atomic E-state index is -0.721. The van der Waals surface area contributed by atoms with Crippen LogP contribution in [0.2, 0.25) is 0 Å². The van der Waals surface area contributed by atoms with Crippen LogP contribution >= 0.6 is 0 Å². The maximum atomic E-state index is 15.1. The molecule has 1 saturated carbocycles. The lowest BCUT2D eigenvalue weighted by Crippen LogP contribution is -2.21. The van der Waals surface area contributed by atoms with Crippen LogP contribution in [0.5, 0.6) is 5.75 Å². The highest BCUT2D eigenvalue weighted by atomic mass is 19.2. The third-order valence-corrected chi connectivity index (χ3v) is 8.40. The third kappa shape index (κ3) is 7.31. The van der Waals surface area contributed by atoms with Crippen molar-refractivity contribution in [2.24, 2.45) is 5.92 Å². The molecule has 2 aliphatic rings. The predicted molar refractivity (Wildman–Crippen MR) is 143 cm³/mol. The van der Waals surface area contributed by atoms with Gasteiger partial charge >= 0.3 is 0 Å². The second-order valence-electron chi connectivity index (χ2n) is 11.2. The van der Waals surface area contributed by atoms with Crippen molar-refractivity contribution >= 4 is 0 Å². The van der Waals surface area contributed by atoms with Gasteiger partial charge in [0.1, 0.15) is 0 Å². The lowest BCUT2D eigenvalue weighted by molar-refractivity contribution is 0.00142. The number of unbranched alkanes of at least 4 members (excludes halogenated alkanes) is 5. The van der Waals surface area contributed by atoms with Crippen LogP contribution in [0, 0.1) is 23.4 Å². The van der Waals surface area contributed by atoms with E-state index in [1.165, 1.54) is 31.7 Å². The Kier molecular flexibility index (Phi) is 10.4. The first-order valence-corrected chi connectivity index (χ1v) is 14.5. The predicted octanol–water partition coefficient (Wildman–Crippen LogP) is 9.77. The van der Waals surface area contributed by atoms with Crippen molar-refractivity contribution in [1.29, 1.82) is 0 Å². The van der Waals surface area contributed by atoms with Gasteiger partial charge in [-0.2, -0.15) is 0 Å². The van der Waals surface area contributed by atoms with E-state index in [9.17, 15) is 4.39 Å². The summed E-state index contributed by atoms with van der Waals surface area (Å²) in [7, 11) is 0. The molecular weight excluding hydrogens is 473 g/mol. The summed E-state index contributed by atoms with van der Waals surface area (Å²) in [5.74, 6) is -0.932. The van der Waals surface area contributed by atoms with Gasteiger partial charge in [-0.3, -0.25) is 0 Å². The van der Waals surface area contributed by atoms with E-state index in [4.69, 9.17) is 9.47 Å². The summed E-state index contributed by atoms with van der Waals surface area (Å²) in [5.41, 5.74) is 1.68. The van der Waals surface area contributed by atoms with Gasteiger partial charge in [0.2, 0.25) is 0 Å². The summed E-state index contributed by atoms with van der Waals surface area (Å²) in [4.78, 5) is 0. The van der Waals surface area contributed by atoms with Crippen molar-refractivity contribution < 1.29 is 22.6 Å². The number of benzene rings is 2. The lowest BCUT2D eigenvalue weighted by atomic mass is 9.78. The van der Waals surface area contributed by atoms with E-state index >= 15 is 8.78 Å². The summed E-state index contributed by atoms with van der Waals surface area (Å²) in [6.07, 6.45) is 12.0. The SMILES string of the molecule is CCCCCCCCOc1ccc(C2CCC(c3ccc(C4CCC(C)CC4)c(F)c3F)CO2)cc1F. The second-order valence-corrected chi connectivity index (χ2v) is 11.2. The van der Waals surface area contributed by atoms with E-state index in [0.717, 1.165) is 44.1 Å². The topological polar surface area (TPSA) is 18.5 Å². The number of hydrogen-bond donors (Lipinski definition) is 0. The van der Waals surface area contributed by atoms with Gasteiger partial charge in [0.05, 0.1) is 19.3 Å². The summed E-state index contributed by atoms with van der Waals surface area (Å²) >= 11 is 0. The van der Waals surface area contributed by atoms with Crippen LogP contribution in [0.15, 0.2) is 30.3 Å². The zero-order chi connectivity index (χ0) is 26.2. The normalized spacial score (nSPS) is 24.2. The molecule has 2 unspecified atom stereocenters. The van der Waals surface area contributed by atoms with Gasteiger partial charge in [0, 0.05) is 5.92 Å². The zero-order valence-electron chi connectivity index (χ0n) is 22.5. The fraction of sp³-hybridized carbons (Fsp3) is 0.625. The molecule has 2 fully saturated rings. The Balaban J connectivity index is 1.29. The van der Waals surface area contributed by atoms with Gasteiger partial charge in [-0.1, -0.05) is 77.0 Å². The molecule has 0 N–H and O–H groups in total. The molecule has 5 heteroatoms. The molecule has 0 amide bonds. The highest BCUT2D eigenvalue weighted by molar-refractivity contribution is 5.33. The maximum Gasteiger partial charge on any atom is 0.165 e. The summed E-state index contributed by atoms with van der Waals surface area (Å²) in [5, 5.41) is 0. The molecule has 2 aromatic carbocycles. The molecule has 37 heavy (non-hydrogen) atoms. The minimum absolute atomic E-state index is 0.111. The molecule has 4 rings (SSSR count). The number of ether oxygens (including phenoxy) is 2. The van der Waals surface area contributed by atoms with E-state index in [-0.39, 0.29) is 29.5 Å². The van der Waals surface area contributed by atoms with Gasteiger partial charge in [-0.05, 0) is 72.8 Å². The molecule has 204 valence electrons. The quantitative estimate of drug-likeness (QED) is 0.277. The van der Waals surface area contributed by atoms with Crippen LogP contribution in [0.4, 0.5) is 13.2 Å². The van der Waals surface area contributed by atoms with Crippen LogP contribution in [0.1, 0.15) is 126 Å². The van der Waals surface area contributed by atoms with E-state index < -0.39 is 11.6 Å². The molecule has 2 atom stereocenters. The van der Waals surface area contributed by atoms with Crippen molar-refractivity contribution in [3.8, 4) is 5.75 Å². The molecule has 2 aromatic rings. The van der Waals surface area contributed by atoms with Crippen molar-refractivity contribution in [2.45, 2.75) is 109 Å². The molecule has 0 aromatic heterocycles. The minimum Gasteiger partial charge on any atom is -0.491 e. The highest BCUT2D eigenvalue weighted by Crippen LogP contribution is 2.41. The Morgan fingerprint density at radius 2 is 1.43 bits per heavy atom. The lowest BCUT2D eigenvalue weighted by Gasteiger charge is -2.31. The maximum absolute atomic E-state index is 15.1. The molecule has 0 radical (unpaired) electrons. The third-order valence-electron chi connectivity index (χ3n) is 8.40. The Bertz CT molecular complexity index is 992. The number of rotatable bonds is 11. The van der Waals surface area contributed by atoms with Gasteiger partial charge in [0.15, 0.2) is 23.2 Å². The van der Waals surface area contributed by atoms with E-state index in [1.807, 2.05) is 6.07 Å². The number of halogens is 3. The molecule has 1 heterocycles. The van der Waals surface area contributed by atoms with Crippen LogP contribution in [-0.2, 0) is 4.74 Å². The van der Waals surface area contributed by atoms with Gasteiger partial charge in [-0.15, -0.1) is 0 Å². The van der Waals surface area contributed by atoms with Crippen LogP contribution < -0.4 is 4.74 Å². The van der Waals surface area contributed by atoms with Crippen LogP contribution in [0.3, 0.4) is 0 Å². The average molecular weight is 517 g/mol. The fourth-order valence-corrected chi connectivity index (χ4v) is 5.94. The molecule has 0 bridgehead atoms. The summed E-state index contributed by atoms with van der Waals surface area (Å²) in [6, 6.07) is 8.57. The first-order chi connectivity index (χ1) is 18.0. The highest BCUT2D eigenvalue weighted by Gasteiger charge is 2.30. The number of hydrogen-bond acceptors (Lipinski definition) is 2. The van der Waals surface area contributed by atoms with Gasteiger partial charge < -0.3 is 9.47 Å². The summed E-state index contributed by atoms with van der Waals surface area (Å²) < 4.78 is 56.5. The fourth-order valence-electron chi connectivity index (χ4n) is 5.94. The van der Waals surface area contributed by atoms with Crippen molar-refractivity contribution in [1.82, 2.24) is 0 Å². The molecule has 2 nitrogen and oxygen atoms in total. The standard InChI is InChI=1S/C32H43F3O2/c1-3-4-5-6-7-8-19-36-30-18-13-24(20-28(30)33)29-17-14-25(21-37-29)27-16-15-26(31(34)32(27)35)23-11-9-22(2)10-12-23/h13,15-16,18,20,22-23,25,29H,3-12,14,17,19,21H2,1-2H3. The van der Waals surface area contributed by atoms with E-state index in [0.29, 0.717) is 43.1 Å². The van der Waals surface area contributed by atoms with Crippen LogP contribution in [0.25, 0.3) is 0 Å². The second kappa shape index (κ2) is 13.7. The van der Waals surface area contributed by atoms with E-state index in [2.05, 4.69) is 13.8 Å². The Morgan fingerprint density at radius 1 is 0.784 bits per heavy atom. The smallest absolute Gasteiger partial charge is 0.165 e. The Hall–Kier alpha value is -2.01. The molecule has 1 aliphatic carbocycles. The van der Waals surface area contributed by atoms with Crippen molar-refractivity contribution in [3.63, 3.8) is 0 Å². The van der Waals surface area contributed by atoms with E-state index in [1.54, 1.807) is 18.2 Å². The largest absolute Gasteiger partial charge is 0.491 e. The van der Waals surface area contributed by atoms with Gasteiger partial charge in [0.25, 0.3) is 0 Å². The first-order valence-electron chi connectivity index (χ1n) is 14.5. The molecule has 1 aliphatic heterocycles. The molecule has 0 spiro atoms. The monoisotopic (exact) mass is 516 g/mol. The van der Waals surface area contributed by atoms with Crippen molar-refractivity contribution in [2.75, 3.05) is 13.2 Å². The average Bonchev–Trinajstić information content (AvgIpc) is 2.91. The van der Waals surface area contributed by atoms with Gasteiger partial charge in [-0.25, -0.2) is 13.2 Å². The zero-order valence-corrected chi connectivity index (χ0v) is 22.5. The summed E-state index contributed by atoms with van der Waals surface area (Å²) in [6.45, 7) is 5.23.